The van der Waals surface area contributed by atoms with Crippen molar-refractivity contribution in [1.29, 1.82) is 0 Å². The zero-order valence-electron chi connectivity index (χ0n) is 10.9. The van der Waals surface area contributed by atoms with Crippen LogP contribution < -0.4 is 5.32 Å². The number of likely N-dealkylation sites (tertiary alicyclic amines) is 1. The van der Waals surface area contributed by atoms with Crippen molar-refractivity contribution < 1.29 is 9.59 Å². The molecule has 0 spiro atoms. The first kappa shape index (κ1) is 11.5. The summed E-state index contributed by atoms with van der Waals surface area (Å²) in [4.78, 5) is 29.0. The predicted molar refractivity (Wildman–Crippen MR) is 74.3 cm³/mol. The lowest BCUT2D eigenvalue weighted by molar-refractivity contribution is -0.119. The van der Waals surface area contributed by atoms with E-state index in [4.69, 9.17) is 0 Å². The number of hydrogen-bond acceptors (Lipinski definition) is 2. The SMILES string of the molecule is O=C1C[C@@H]2[C@H](CCN2C(=O)c2ccc3[nH]ccc3c2)N1. The zero-order valence-corrected chi connectivity index (χ0v) is 10.9. The summed E-state index contributed by atoms with van der Waals surface area (Å²) in [5.41, 5.74) is 1.72. The average molecular weight is 269 g/mol. The first-order valence-corrected chi connectivity index (χ1v) is 6.90. The Morgan fingerprint density at radius 2 is 2.20 bits per heavy atom. The fourth-order valence-electron chi connectivity index (χ4n) is 3.33. The number of benzene rings is 1. The van der Waals surface area contributed by atoms with Crippen LogP contribution in [-0.2, 0) is 4.79 Å². The summed E-state index contributed by atoms with van der Waals surface area (Å²) in [6.07, 6.45) is 3.15. The number of nitrogens with zero attached hydrogens (tertiary/aromatic N) is 1. The number of carbonyl (C=O) groups is 2. The average Bonchev–Trinajstić information content (AvgIpc) is 3.11. The minimum atomic E-state index is 0.0249. The van der Waals surface area contributed by atoms with Crippen molar-refractivity contribution in [1.82, 2.24) is 15.2 Å². The van der Waals surface area contributed by atoms with Gasteiger partial charge in [-0.25, -0.2) is 0 Å². The van der Waals surface area contributed by atoms with Gasteiger partial charge in [0.25, 0.3) is 5.91 Å². The molecule has 3 heterocycles. The molecule has 0 aliphatic carbocycles. The van der Waals surface area contributed by atoms with Crippen LogP contribution in [0.2, 0.25) is 0 Å². The van der Waals surface area contributed by atoms with E-state index >= 15 is 0 Å². The highest BCUT2D eigenvalue weighted by Crippen LogP contribution is 2.27. The Hall–Kier alpha value is -2.30. The molecule has 2 fully saturated rings. The highest BCUT2D eigenvalue weighted by atomic mass is 16.2. The molecule has 2 amide bonds. The number of aromatic amines is 1. The summed E-state index contributed by atoms with van der Waals surface area (Å²) in [5.74, 6) is 0.0793. The van der Waals surface area contributed by atoms with Gasteiger partial charge in [-0.05, 0) is 30.7 Å². The van der Waals surface area contributed by atoms with Gasteiger partial charge in [-0.2, -0.15) is 0 Å². The van der Waals surface area contributed by atoms with Gasteiger partial charge in [0.1, 0.15) is 0 Å². The van der Waals surface area contributed by atoms with Crippen LogP contribution in [0.4, 0.5) is 0 Å². The van der Waals surface area contributed by atoms with Crippen LogP contribution in [0.15, 0.2) is 30.5 Å². The Balaban J connectivity index is 1.64. The topological polar surface area (TPSA) is 65.2 Å². The Kier molecular flexibility index (Phi) is 2.36. The fourth-order valence-corrected chi connectivity index (χ4v) is 3.33. The van der Waals surface area contributed by atoms with Crippen molar-refractivity contribution >= 4 is 22.7 Å². The minimum Gasteiger partial charge on any atom is -0.361 e. The zero-order chi connectivity index (χ0) is 13.7. The third kappa shape index (κ3) is 1.62. The molecule has 0 saturated carbocycles. The smallest absolute Gasteiger partial charge is 0.254 e. The van der Waals surface area contributed by atoms with Crippen LogP contribution in [0.5, 0.6) is 0 Å². The molecule has 2 aliphatic rings. The molecular formula is C15H15N3O2. The first-order chi connectivity index (χ1) is 9.72. The van der Waals surface area contributed by atoms with Gasteiger partial charge < -0.3 is 15.2 Å². The quantitative estimate of drug-likeness (QED) is 0.819. The van der Waals surface area contributed by atoms with Crippen molar-refractivity contribution in [3.8, 4) is 0 Å². The van der Waals surface area contributed by atoms with Crippen LogP contribution in [0.1, 0.15) is 23.2 Å². The number of aromatic nitrogens is 1. The second-order valence-electron chi connectivity index (χ2n) is 5.51. The Labute approximate surface area is 115 Å². The molecule has 2 aliphatic heterocycles. The molecule has 2 atom stereocenters. The molecule has 5 nitrogen and oxygen atoms in total. The molecule has 0 bridgehead atoms. The summed E-state index contributed by atoms with van der Waals surface area (Å²) in [6, 6.07) is 7.80. The number of hydrogen-bond donors (Lipinski definition) is 2. The number of rotatable bonds is 1. The second kappa shape index (κ2) is 4.10. The summed E-state index contributed by atoms with van der Waals surface area (Å²) in [7, 11) is 0. The third-order valence-electron chi connectivity index (χ3n) is 4.35. The van der Waals surface area contributed by atoms with Gasteiger partial charge in [-0.1, -0.05) is 0 Å². The van der Waals surface area contributed by atoms with Crippen LogP contribution in [0.25, 0.3) is 10.9 Å². The van der Waals surface area contributed by atoms with Crippen molar-refractivity contribution in [3.63, 3.8) is 0 Å². The van der Waals surface area contributed by atoms with Gasteiger partial charge >= 0.3 is 0 Å². The van der Waals surface area contributed by atoms with Crippen LogP contribution in [0.3, 0.4) is 0 Å². The van der Waals surface area contributed by atoms with Gasteiger partial charge in [0.2, 0.25) is 5.91 Å². The van der Waals surface area contributed by atoms with Gasteiger partial charge in [0, 0.05) is 35.6 Å². The lowest BCUT2D eigenvalue weighted by atomic mass is 10.1. The summed E-state index contributed by atoms with van der Waals surface area (Å²) < 4.78 is 0. The van der Waals surface area contributed by atoms with E-state index in [9.17, 15) is 9.59 Å². The summed E-state index contributed by atoms with van der Waals surface area (Å²) in [5, 5.41) is 3.97. The first-order valence-electron chi connectivity index (χ1n) is 6.90. The maximum Gasteiger partial charge on any atom is 0.254 e. The molecule has 0 radical (unpaired) electrons. The molecule has 0 unspecified atom stereocenters. The number of carbonyl (C=O) groups excluding carboxylic acids is 2. The summed E-state index contributed by atoms with van der Waals surface area (Å²) in [6.45, 7) is 0.722. The Morgan fingerprint density at radius 1 is 1.30 bits per heavy atom. The molecule has 102 valence electrons. The van der Waals surface area contributed by atoms with Gasteiger partial charge in [-0.15, -0.1) is 0 Å². The van der Waals surface area contributed by atoms with E-state index in [1.165, 1.54) is 0 Å². The molecule has 2 aromatic rings. The number of H-pyrrole nitrogens is 1. The minimum absolute atomic E-state index is 0.0249. The van der Waals surface area contributed by atoms with Crippen molar-refractivity contribution in [2.24, 2.45) is 0 Å². The monoisotopic (exact) mass is 269 g/mol. The number of fused-ring (bicyclic) bond motifs is 2. The Bertz CT molecular complexity index is 706. The van der Waals surface area contributed by atoms with Gasteiger partial charge in [0.05, 0.1) is 12.1 Å². The molecule has 5 heteroatoms. The molecule has 1 aromatic heterocycles. The molecule has 2 saturated heterocycles. The molecule has 4 rings (SSSR count). The maximum atomic E-state index is 12.6. The van der Waals surface area contributed by atoms with E-state index in [0.717, 1.165) is 23.9 Å². The van der Waals surface area contributed by atoms with E-state index in [-0.39, 0.29) is 23.9 Å². The summed E-state index contributed by atoms with van der Waals surface area (Å²) >= 11 is 0. The van der Waals surface area contributed by atoms with Crippen LogP contribution >= 0.6 is 0 Å². The van der Waals surface area contributed by atoms with E-state index in [1.807, 2.05) is 35.4 Å². The maximum absolute atomic E-state index is 12.6. The van der Waals surface area contributed by atoms with Crippen LogP contribution in [0, 0.1) is 0 Å². The lowest BCUT2D eigenvalue weighted by Gasteiger charge is -2.22. The number of amides is 2. The predicted octanol–water partition coefficient (Wildman–Crippen LogP) is 1.27. The van der Waals surface area contributed by atoms with Crippen molar-refractivity contribution in [2.75, 3.05) is 6.54 Å². The van der Waals surface area contributed by atoms with E-state index in [2.05, 4.69) is 10.3 Å². The van der Waals surface area contributed by atoms with Crippen molar-refractivity contribution in [3.05, 3.63) is 36.0 Å². The van der Waals surface area contributed by atoms with Crippen LogP contribution in [-0.4, -0.2) is 40.3 Å². The molecule has 2 N–H and O–H groups in total. The van der Waals surface area contributed by atoms with E-state index in [1.54, 1.807) is 0 Å². The normalized spacial score (nSPS) is 25.0. The Morgan fingerprint density at radius 3 is 3.10 bits per heavy atom. The molecular weight excluding hydrogens is 254 g/mol. The highest BCUT2D eigenvalue weighted by Gasteiger charge is 2.43. The van der Waals surface area contributed by atoms with Gasteiger partial charge in [-0.3, -0.25) is 9.59 Å². The molecule has 20 heavy (non-hydrogen) atoms. The fraction of sp³-hybridized carbons (Fsp3) is 0.333. The second-order valence-corrected chi connectivity index (χ2v) is 5.51. The lowest BCUT2D eigenvalue weighted by Crippen LogP contribution is -2.38. The van der Waals surface area contributed by atoms with Gasteiger partial charge in [0.15, 0.2) is 0 Å². The number of nitrogens with one attached hydrogen (secondary N) is 2. The van der Waals surface area contributed by atoms with E-state index < -0.39 is 0 Å². The molecule has 1 aromatic carbocycles. The van der Waals surface area contributed by atoms with Crippen molar-refractivity contribution in [2.45, 2.75) is 24.9 Å². The standard InChI is InChI=1S/C15H15N3O2/c19-14-8-13-12(17-14)4-6-18(13)15(20)10-1-2-11-9(7-10)3-5-16-11/h1-3,5,7,12-13,16H,4,6,8H2,(H,17,19)/t12-,13+/m0/s1. The van der Waals surface area contributed by atoms with E-state index in [0.29, 0.717) is 12.0 Å². The third-order valence-corrected chi connectivity index (χ3v) is 4.35. The largest absolute Gasteiger partial charge is 0.361 e. The highest BCUT2D eigenvalue weighted by molar-refractivity contribution is 5.99.